The van der Waals surface area contributed by atoms with E-state index in [9.17, 15) is 14.4 Å². The van der Waals surface area contributed by atoms with Gasteiger partial charge in [0.1, 0.15) is 12.2 Å². The molecule has 6 nitrogen and oxygen atoms in total. The third-order valence-electron chi connectivity index (χ3n) is 6.25. The molecule has 5 unspecified atom stereocenters. The second kappa shape index (κ2) is 6.07. The number of carbonyl (C=O) groups is 3. The Kier molecular flexibility index (Phi) is 4.53. The minimum Gasteiger partial charge on any atom is -0.469 e. The lowest BCUT2D eigenvalue weighted by atomic mass is 9.73. The van der Waals surface area contributed by atoms with Gasteiger partial charge in [-0.2, -0.15) is 0 Å². The molecule has 0 aromatic carbocycles. The summed E-state index contributed by atoms with van der Waals surface area (Å²) >= 11 is 0. The molecule has 2 aliphatic carbocycles. The van der Waals surface area contributed by atoms with Crippen LogP contribution in [0.25, 0.3) is 0 Å². The summed E-state index contributed by atoms with van der Waals surface area (Å²) in [6.07, 6.45) is 1.14. The topological polar surface area (TPSA) is 78.9 Å². The number of ether oxygens (including phenoxy) is 3. The van der Waals surface area contributed by atoms with Crippen molar-refractivity contribution in [3.63, 3.8) is 0 Å². The van der Waals surface area contributed by atoms with Crippen molar-refractivity contribution in [1.82, 2.24) is 0 Å². The summed E-state index contributed by atoms with van der Waals surface area (Å²) in [4.78, 5) is 37.9. The molecule has 146 valence electrons. The van der Waals surface area contributed by atoms with Gasteiger partial charge in [-0.1, -0.05) is 26.6 Å². The van der Waals surface area contributed by atoms with Gasteiger partial charge in [-0.3, -0.25) is 14.4 Å². The zero-order valence-corrected chi connectivity index (χ0v) is 17.6. The predicted octanol–water partition coefficient (Wildman–Crippen LogP) is 2.71. The van der Waals surface area contributed by atoms with Crippen LogP contribution in [0.3, 0.4) is 0 Å². The molecule has 3 fully saturated rings. The van der Waals surface area contributed by atoms with E-state index in [1.54, 1.807) is 0 Å². The van der Waals surface area contributed by atoms with Crippen molar-refractivity contribution in [3.05, 3.63) is 0 Å². The van der Waals surface area contributed by atoms with E-state index in [0.717, 1.165) is 0 Å². The SMILES string of the molecule is CCC(C)(C)C(=O)OC1C2CC3C1OC(=O)C3(C(=O)OC[Si](C)(C)C)C2. The number of rotatable bonds is 6. The van der Waals surface area contributed by atoms with Gasteiger partial charge in [0.05, 0.1) is 19.7 Å². The summed E-state index contributed by atoms with van der Waals surface area (Å²) in [5, 5.41) is 0. The lowest BCUT2D eigenvalue weighted by Gasteiger charge is -2.32. The molecule has 7 heteroatoms. The van der Waals surface area contributed by atoms with Gasteiger partial charge in [0.15, 0.2) is 5.41 Å². The van der Waals surface area contributed by atoms with Gasteiger partial charge in [-0.25, -0.2) is 0 Å². The van der Waals surface area contributed by atoms with Crippen LogP contribution in [0.2, 0.25) is 19.6 Å². The maximum Gasteiger partial charge on any atom is 0.324 e. The highest BCUT2D eigenvalue weighted by Crippen LogP contribution is 2.63. The molecule has 0 aromatic heterocycles. The lowest BCUT2D eigenvalue weighted by Crippen LogP contribution is -2.47. The van der Waals surface area contributed by atoms with E-state index < -0.39 is 43.1 Å². The van der Waals surface area contributed by atoms with Crippen molar-refractivity contribution in [3.8, 4) is 0 Å². The van der Waals surface area contributed by atoms with Crippen molar-refractivity contribution in [2.45, 2.75) is 71.9 Å². The first-order chi connectivity index (χ1) is 11.9. The molecule has 0 spiro atoms. The Morgan fingerprint density at radius 2 is 1.96 bits per heavy atom. The van der Waals surface area contributed by atoms with E-state index in [2.05, 4.69) is 19.6 Å². The fourth-order valence-electron chi connectivity index (χ4n) is 4.27. The molecule has 1 saturated heterocycles. The summed E-state index contributed by atoms with van der Waals surface area (Å²) in [7, 11) is -1.57. The van der Waals surface area contributed by atoms with Gasteiger partial charge in [0, 0.05) is 11.8 Å². The van der Waals surface area contributed by atoms with Crippen LogP contribution in [0.1, 0.15) is 40.0 Å². The zero-order valence-electron chi connectivity index (χ0n) is 16.6. The van der Waals surface area contributed by atoms with E-state index in [1.165, 1.54) is 0 Å². The quantitative estimate of drug-likeness (QED) is 0.304. The van der Waals surface area contributed by atoms with E-state index in [0.29, 0.717) is 25.5 Å². The summed E-state index contributed by atoms with van der Waals surface area (Å²) < 4.78 is 16.8. The Hall–Kier alpha value is -1.37. The second-order valence-corrected chi connectivity index (χ2v) is 15.3. The minimum absolute atomic E-state index is 0.0208. The Morgan fingerprint density at radius 3 is 2.54 bits per heavy atom. The highest BCUT2D eigenvalue weighted by molar-refractivity contribution is 6.76. The van der Waals surface area contributed by atoms with Crippen LogP contribution in [0.4, 0.5) is 0 Å². The average molecular weight is 383 g/mol. The normalized spacial score (nSPS) is 35.4. The number of fused-ring (bicyclic) bond motifs is 1. The largest absolute Gasteiger partial charge is 0.469 e. The lowest BCUT2D eigenvalue weighted by molar-refractivity contribution is -0.170. The first-order valence-electron chi connectivity index (χ1n) is 9.52. The molecule has 2 saturated carbocycles. The van der Waals surface area contributed by atoms with Crippen LogP contribution >= 0.6 is 0 Å². The van der Waals surface area contributed by atoms with Gasteiger partial charge >= 0.3 is 17.9 Å². The summed E-state index contributed by atoms with van der Waals surface area (Å²) in [5.41, 5.74) is -1.75. The summed E-state index contributed by atoms with van der Waals surface area (Å²) in [6.45, 7) is 12.0. The molecule has 0 aromatic rings. The molecule has 5 atom stereocenters. The highest BCUT2D eigenvalue weighted by atomic mass is 28.3. The number of carbonyl (C=O) groups excluding carboxylic acids is 3. The van der Waals surface area contributed by atoms with Crippen LogP contribution < -0.4 is 0 Å². The van der Waals surface area contributed by atoms with E-state index >= 15 is 0 Å². The van der Waals surface area contributed by atoms with Crippen LogP contribution in [0.15, 0.2) is 0 Å². The van der Waals surface area contributed by atoms with E-state index in [1.807, 2.05) is 20.8 Å². The standard InChI is InChI=1S/C19H30O6Si/c1-7-18(2,3)15(20)24-13-11-8-12-14(13)25-17(22)19(12,9-11)16(21)23-10-26(4,5)6/h11-14H,7-10H2,1-6H3. The Bertz CT molecular complexity index is 636. The fourth-order valence-corrected chi connectivity index (χ4v) is 4.83. The summed E-state index contributed by atoms with van der Waals surface area (Å²) in [5.74, 6) is -1.47. The molecular weight excluding hydrogens is 352 g/mol. The monoisotopic (exact) mass is 382 g/mol. The Balaban J connectivity index is 1.74. The average Bonchev–Trinajstić information content (AvgIpc) is 3.14. The summed E-state index contributed by atoms with van der Waals surface area (Å²) in [6, 6.07) is 0. The number of esters is 3. The van der Waals surface area contributed by atoms with Crippen molar-refractivity contribution in [1.29, 1.82) is 0 Å². The molecule has 0 amide bonds. The van der Waals surface area contributed by atoms with Crippen molar-refractivity contribution in [2.24, 2.45) is 22.7 Å². The molecule has 1 aliphatic heterocycles. The molecule has 0 radical (unpaired) electrons. The van der Waals surface area contributed by atoms with Crippen LogP contribution in [0.5, 0.6) is 0 Å². The molecule has 3 aliphatic rings. The van der Waals surface area contributed by atoms with Gasteiger partial charge in [-0.05, 0) is 33.1 Å². The van der Waals surface area contributed by atoms with E-state index in [4.69, 9.17) is 14.2 Å². The van der Waals surface area contributed by atoms with Crippen molar-refractivity contribution < 1.29 is 28.6 Å². The Labute approximate surface area is 155 Å². The highest BCUT2D eigenvalue weighted by Gasteiger charge is 2.75. The van der Waals surface area contributed by atoms with Crippen LogP contribution in [0, 0.1) is 22.7 Å². The maximum absolute atomic E-state index is 12.8. The van der Waals surface area contributed by atoms with Crippen LogP contribution in [-0.2, 0) is 28.6 Å². The van der Waals surface area contributed by atoms with E-state index in [-0.39, 0.29) is 17.8 Å². The smallest absolute Gasteiger partial charge is 0.324 e. The molecule has 2 bridgehead atoms. The molecular formula is C19H30O6Si. The van der Waals surface area contributed by atoms with Crippen LogP contribution in [-0.4, -0.2) is 44.4 Å². The van der Waals surface area contributed by atoms with Crippen molar-refractivity contribution >= 4 is 26.0 Å². The number of hydrogen-bond acceptors (Lipinski definition) is 6. The third-order valence-corrected chi connectivity index (χ3v) is 7.26. The Morgan fingerprint density at radius 1 is 1.31 bits per heavy atom. The van der Waals surface area contributed by atoms with Gasteiger partial charge in [0.25, 0.3) is 0 Å². The fraction of sp³-hybridized carbons (Fsp3) is 0.842. The van der Waals surface area contributed by atoms with Crippen molar-refractivity contribution in [2.75, 3.05) is 6.23 Å². The van der Waals surface area contributed by atoms with Gasteiger partial charge < -0.3 is 14.2 Å². The number of hydrogen-bond donors (Lipinski definition) is 0. The molecule has 26 heavy (non-hydrogen) atoms. The minimum atomic E-state index is -1.57. The third kappa shape index (κ3) is 2.88. The maximum atomic E-state index is 12.8. The zero-order chi connectivity index (χ0) is 19.5. The predicted molar refractivity (Wildman–Crippen MR) is 96.8 cm³/mol. The first kappa shape index (κ1) is 19.4. The van der Waals surface area contributed by atoms with Gasteiger partial charge in [0.2, 0.25) is 0 Å². The molecule has 3 rings (SSSR count). The van der Waals surface area contributed by atoms with Gasteiger partial charge in [-0.15, -0.1) is 0 Å². The second-order valence-electron chi connectivity index (χ2n) is 9.89. The molecule has 0 N–H and O–H groups in total. The first-order valence-corrected chi connectivity index (χ1v) is 13.2. The molecule has 1 heterocycles.